The molecule has 0 spiro atoms. The van der Waals surface area contributed by atoms with Crippen LogP contribution in [0.15, 0.2) is 47.6 Å². The SMILES string of the molecule is COc1ccc(NC(=O)C(=O)N/N=C\c2ccc(F)cc2)c(OC)c1. The highest BCUT2D eigenvalue weighted by molar-refractivity contribution is 6.39. The average Bonchev–Trinajstić information content (AvgIpc) is 2.63. The molecular weight excluding hydrogens is 329 g/mol. The first kappa shape index (κ1) is 17.9. The van der Waals surface area contributed by atoms with E-state index in [1.165, 1.54) is 44.7 Å². The second kappa shape index (κ2) is 8.44. The van der Waals surface area contributed by atoms with Gasteiger partial charge in [0.05, 0.1) is 26.1 Å². The molecule has 0 saturated heterocycles. The highest BCUT2D eigenvalue weighted by atomic mass is 19.1. The fourth-order valence-electron chi connectivity index (χ4n) is 1.85. The van der Waals surface area contributed by atoms with E-state index < -0.39 is 11.8 Å². The lowest BCUT2D eigenvalue weighted by Gasteiger charge is -2.10. The summed E-state index contributed by atoms with van der Waals surface area (Å²) >= 11 is 0. The topological polar surface area (TPSA) is 89.0 Å². The molecule has 0 fully saturated rings. The van der Waals surface area contributed by atoms with Crippen LogP contribution in [0.3, 0.4) is 0 Å². The minimum absolute atomic E-state index is 0.311. The Morgan fingerprint density at radius 2 is 1.76 bits per heavy atom. The molecule has 2 aromatic carbocycles. The molecule has 2 amide bonds. The summed E-state index contributed by atoms with van der Waals surface area (Å²) in [6, 6.07) is 10.2. The Hall–Kier alpha value is -3.42. The fourth-order valence-corrected chi connectivity index (χ4v) is 1.85. The number of carbonyl (C=O) groups is 2. The first-order chi connectivity index (χ1) is 12.0. The number of hydrogen-bond acceptors (Lipinski definition) is 5. The van der Waals surface area contributed by atoms with Crippen LogP contribution in [0, 0.1) is 5.82 Å². The second-order valence-corrected chi connectivity index (χ2v) is 4.77. The third kappa shape index (κ3) is 5.03. The molecule has 2 aromatic rings. The van der Waals surface area contributed by atoms with Gasteiger partial charge in [0, 0.05) is 6.07 Å². The standard InChI is InChI=1S/C17H16FN3O4/c1-24-13-7-8-14(15(9-13)25-2)20-16(22)17(23)21-19-10-11-3-5-12(18)6-4-11/h3-10H,1-2H3,(H,20,22)(H,21,23)/b19-10-. The number of hydrazone groups is 1. The van der Waals surface area contributed by atoms with Gasteiger partial charge in [0.2, 0.25) is 0 Å². The lowest BCUT2D eigenvalue weighted by molar-refractivity contribution is -0.136. The van der Waals surface area contributed by atoms with Gasteiger partial charge < -0.3 is 14.8 Å². The Morgan fingerprint density at radius 3 is 2.40 bits per heavy atom. The van der Waals surface area contributed by atoms with Gasteiger partial charge in [-0.15, -0.1) is 0 Å². The largest absolute Gasteiger partial charge is 0.497 e. The lowest BCUT2D eigenvalue weighted by Crippen LogP contribution is -2.32. The molecule has 0 saturated carbocycles. The van der Waals surface area contributed by atoms with Crippen molar-refractivity contribution in [1.82, 2.24) is 5.43 Å². The van der Waals surface area contributed by atoms with Crippen molar-refractivity contribution in [1.29, 1.82) is 0 Å². The molecule has 0 unspecified atom stereocenters. The zero-order valence-electron chi connectivity index (χ0n) is 13.6. The van der Waals surface area contributed by atoms with Crippen LogP contribution in [0.1, 0.15) is 5.56 Å². The number of nitrogens with zero attached hydrogens (tertiary/aromatic N) is 1. The lowest BCUT2D eigenvalue weighted by atomic mass is 10.2. The van der Waals surface area contributed by atoms with Gasteiger partial charge in [-0.3, -0.25) is 9.59 Å². The summed E-state index contributed by atoms with van der Waals surface area (Å²) in [4.78, 5) is 23.6. The van der Waals surface area contributed by atoms with Crippen LogP contribution in [0.25, 0.3) is 0 Å². The van der Waals surface area contributed by atoms with E-state index in [-0.39, 0.29) is 5.82 Å². The van der Waals surface area contributed by atoms with Crippen molar-refractivity contribution in [3.05, 3.63) is 53.8 Å². The first-order valence-corrected chi connectivity index (χ1v) is 7.15. The highest BCUT2D eigenvalue weighted by Gasteiger charge is 2.15. The van der Waals surface area contributed by atoms with E-state index in [2.05, 4.69) is 15.8 Å². The van der Waals surface area contributed by atoms with E-state index in [1.54, 1.807) is 18.2 Å². The maximum absolute atomic E-state index is 12.8. The van der Waals surface area contributed by atoms with Crippen LogP contribution < -0.4 is 20.2 Å². The minimum atomic E-state index is -0.962. The summed E-state index contributed by atoms with van der Waals surface area (Å²) in [5.41, 5.74) is 2.96. The molecule has 2 rings (SSSR count). The molecule has 0 radical (unpaired) electrons. The van der Waals surface area contributed by atoms with Crippen molar-refractivity contribution in [2.45, 2.75) is 0 Å². The van der Waals surface area contributed by atoms with Gasteiger partial charge in [0.1, 0.15) is 17.3 Å². The summed E-state index contributed by atoms with van der Waals surface area (Å²) in [6.45, 7) is 0. The molecule has 0 aliphatic carbocycles. The molecular formula is C17H16FN3O4. The van der Waals surface area contributed by atoms with Gasteiger partial charge in [-0.1, -0.05) is 12.1 Å². The zero-order chi connectivity index (χ0) is 18.2. The van der Waals surface area contributed by atoms with Gasteiger partial charge >= 0.3 is 11.8 Å². The minimum Gasteiger partial charge on any atom is -0.497 e. The van der Waals surface area contributed by atoms with Crippen LogP contribution in [0.4, 0.5) is 10.1 Å². The molecule has 130 valence electrons. The summed E-state index contributed by atoms with van der Waals surface area (Å²) < 4.78 is 23.0. The van der Waals surface area contributed by atoms with Crippen molar-refractivity contribution >= 4 is 23.7 Å². The number of benzene rings is 2. The molecule has 0 aliphatic heterocycles. The number of hydrogen-bond donors (Lipinski definition) is 2. The number of halogens is 1. The van der Waals surface area contributed by atoms with E-state index >= 15 is 0 Å². The number of rotatable bonds is 5. The van der Waals surface area contributed by atoms with E-state index in [9.17, 15) is 14.0 Å². The van der Waals surface area contributed by atoms with Gasteiger partial charge in [0.25, 0.3) is 0 Å². The van der Waals surface area contributed by atoms with Crippen LogP contribution in [-0.2, 0) is 9.59 Å². The average molecular weight is 345 g/mol. The summed E-state index contributed by atoms with van der Waals surface area (Å²) in [6.07, 6.45) is 1.29. The molecule has 2 N–H and O–H groups in total. The predicted octanol–water partition coefficient (Wildman–Crippen LogP) is 1.93. The Bertz CT molecular complexity index is 791. The monoisotopic (exact) mass is 345 g/mol. The third-order valence-corrected chi connectivity index (χ3v) is 3.11. The van der Waals surface area contributed by atoms with Crippen LogP contribution in [-0.4, -0.2) is 32.2 Å². The molecule has 0 heterocycles. The van der Waals surface area contributed by atoms with Crippen molar-refractivity contribution in [2.24, 2.45) is 5.10 Å². The Morgan fingerprint density at radius 1 is 1.04 bits per heavy atom. The maximum Gasteiger partial charge on any atom is 0.329 e. The number of amides is 2. The molecule has 0 atom stereocenters. The second-order valence-electron chi connectivity index (χ2n) is 4.77. The highest BCUT2D eigenvalue weighted by Crippen LogP contribution is 2.28. The molecule has 7 nitrogen and oxygen atoms in total. The predicted molar refractivity (Wildman–Crippen MR) is 90.3 cm³/mol. The normalized spacial score (nSPS) is 10.4. The van der Waals surface area contributed by atoms with Crippen molar-refractivity contribution in [3.8, 4) is 11.5 Å². The van der Waals surface area contributed by atoms with E-state index in [0.717, 1.165) is 0 Å². The molecule has 0 aromatic heterocycles. The van der Waals surface area contributed by atoms with E-state index in [0.29, 0.717) is 22.7 Å². The zero-order valence-corrected chi connectivity index (χ0v) is 13.6. The molecule has 8 heteroatoms. The number of nitrogens with one attached hydrogen (secondary N) is 2. The van der Waals surface area contributed by atoms with Crippen LogP contribution >= 0.6 is 0 Å². The maximum atomic E-state index is 12.8. The first-order valence-electron chi connectivity index (χ1n) is 7.15. The Kier molecular flexibility index (Phi) is 6.05. The van der Waals surface area contributed by atoms with Crippen molar-refractivity contribution < 1.29 is 23.5 Å². The quantitative estimate of drug-likeness (QED) is 0.492. The number of anilines is 1. The van der Waals surface area contributed by atoms with Gasteiger partial charge in [-0.25, -0.2) is 9.82 Å². The van der Waals surface area contributed by atoms with Crippen molar-refractivity contribution in [3.63, 3.8) is 0 Å². The van der Waals surface area contributed by atoms with E-state index in [4.69, 9.17) is 9.47 Å². The van der Waals surface area contributed by atoms with Gasteiger partial charge in [0.15, 0.2) is 0 Å². The number of methoxy groups -OCH3 is 2. The molecule has 0 aliphatic rings. The van der Waals surface area contributed by atoms with Crippen molar-refractivity contribution in [2.75, 3.05) is 19.5 Å². The van der Waals surface area contributed by atoms with E-state index in [1.807, 2.05) is 0 Å². The van der Waals surface area contributed by atoms with Gasteiger partial charge in [-0.05, 0) is 29.8 Å². The fraction of sp³-hybridized carbons (Fsp3) is 0.118. The smallest absolute Gasteiger partial charge is 0.329 e. The Balaban J connectivity index is 1.96. The summed E-state index contributed by atoms with van der Waals surface area (Å²) in [7, 11) is 2.93. The summed E-state index contributed by atoms with van der Waals surface area (Å²) in [5, 5.41) is 6.06. The summed E-state index contributed by atoms with van der Waals surface area (Å²) in [5.74, 6) is -1.37. The molecule has 25 heavy (non-hydrogen) atoms. The van der Waals surface area contributed by atoms with Crippen LogP contribution in [0.5, 0.6) is 11.5 Å². The third-order valence-electron chi connectivity index (χ3n) is 3.11. The number of carbonyl (C=O) groups excluding carboxylic acids is 2. The van der Waals surface area contributed by atoms with Gasteiger partial charge in [-0.2, -0.15) is 5.10 Å². The Labute approximate surface area is 143 Å². The number of ether oxygens (including phenoxy) is 2. The van der Waals surface area contributed by atoms with Crippen LogP contribution in [0.2, 0.25) is 0 Å². The molecule has 0 bridgehead atoms.